The van der Waals surface area contributed by atoms with Crippen LogP contribution in [0.1, 0.15) is 52.1 Å². The van der Waals surface area contributed by atoms with E-state index in [0.29, 0.717) is 6.61 Å². The summed E-state index contributed by atoms with van der Waals surface area (Å²) in [6.07, 6.45) is 1.91. The van der Waals surface area contributed by atoms with E-state index >= 15 is 0 Å². The van der Waals surface area contributed by atoms with Gasteiger partial charge in [-0.1, -0.05) is 26.0 Å². The normalized spacial score (nSPS) is 16.1. The topological polar surface area (TPSA) is 21.3 Å². The van der Waals surface area contributed by atoms with Gasteiger partial charge in [-0.25, -0.2) is 4.39 Å². The van der Waals surface area contributed by atoms with Gasteiger partial charge in [0.25, 0.3) is 0 Å². The summed E-state index contributed by atoms with van der Waals surface area (Å²) in [7, 11) is 0. The van der Waals surface area contributed by atoms with Crippen molar-refractivity contribution in [2.45, 2.75) is 52.2 Å². The van der Waals surface area contributed by atoms with Gasteiger partial charge in [0.05, 0.1) is 11.6 Å². The van der Waals surface area contributed by atoms with Gasteiger partial charge in [-0.2, -0.15) is 0 Å². The number of hydrogen-bond acceptors (Lipinski definition) is 2. The van der Waals surface area contributed by atoms with Crippen LogP contribution in [0.25, 0.3) is 0 Å². The SMILES string of the molecule is CCCNC(c1cccc(F)c1)C(C)(CC)OCC. The predicted molar refractivity (Wildman–Crippen MR) is 77.8 cm³/mol. The molecule has 0 saturated carbocycles. The smallest absolute Gasteiger partial charge is 0.123 e. The van der Waals surface area contributed by atoms with E-state index in [4.69, 9.17) is 4.74 Å². The summed E-state index contributed by atoms with van der Waals surface area (Å²) in [6, 6.07) is 6.80. The highest BCUT2D eigenvalue weighted by atomic mass is 19.1. The van der Waals surface area contributed by atoms with Gasteiger partial charge >= 0.3 is 0 Å². The average Bonchev–Trinajstić information content (AvgIpc) is 2.39. The molecule has 0 aliphatic heterocycles. The molecular formula is C16H26FNO. The number of halogens is 1. The minimum Gasteiger partial charge on any atom is -0.374 e. The van der Waals surface area contributed by atoms with Crippen molar-refractivity contribution in [2.75, 3.05) is 13.2 Å². The van der Waals surface area contributed by atoms with Crippen molar-refractivity contribution < 1.29 is 9.13 Å². The molecule has 2 atom stereocenters. The van der Waals surface area contributed by atoms with Gasteiger partial charge in [0.15, 0.2) is 0 Å². The van der Waals surface area contributed by atoms with Crippen LogP contribution >= 0.6 is 0 Å². The summed E-state index contributed by atoms with van der Waals surface area (Å²) in [5.74, 6) is -0.198. The summed E-state index contributed by atoms with van der Waals surface area (Å²) in [4.78, 5) is 0. The van der Waals surface area contributed by atoms with Crippen LogP contribution in [0, 0.1) is 5.82 Å². The van der Waals surface area contributed by atoms with Gasteiger partial charge in [-0.05, 0) is 50.9 Å². The molecule has 1 aromatic rings. The van der Waals surface area contributed by atoms with E-state index in [1.165, 1.54) is 6.07 Å². The Morgan fingerprint density at radius 1 is 1.32 bits per heavy atom. The van der Waals surface area contributed by atoms with Gasteiger partial charge in [0, 0.05) is 6.61 Å². The van der Waals surface area contributed by atoms with Gasteiger partial charge in [-0.15, -0.1) is 0 Å². The molecule has 2 nitrogen and oxygen atoms in total. The molecule has 0 aliphatic carbocycles. The molecule has 3 heteroatoms. The maximum atomic E-state index is 13.5. The lowest BCUT2D eigenvalue weighted by atomic mass is 9.87. The standard InChI is InChI=1S/C16H26FNO/c1-5-11-18-15(16(4,6-2)19-7-3)13-9-8-10-14(17)12-13/h8-10,12,15,18H,5-7,11H2,1-4H3. The monoisotopic (exact) mass is 267 g/mol. The molecule has 0 aromatic heterocycles. The van der Waals surface area contributed by atoms with E-state index in [-0.39, 0.29) is 17.5 Å². The van der Waals surface area contributed by atoms with Crippen LogP contribution in [0.2, 0.25) is 0 Å². The van der Waals surface area contributed by atoms with E-state index in [1.54, 1.807) is 12.1 Å². The second-order valence-electron chi connectivity index (χ2n) is 5.04. The molecule has 108 valence electrons. The molecule has 0 heterocycles. The summed E-state index contributed by atoms with van der Waals surface area (Å²) < 4.78 is 19.4. The highest BCUT2D eigenvalue weighted by Gasteiger charge is 2.34. The molecule has 0 radical (unpaired) electrons. The van der Waals surface area contributed by atoms with Crippen molar-refractivity contribution in [2.24, 2.45) is 0 Å². The fourth-order valence-electron chi connectivity index (χ4n) is 2.38. The molecule has 0 aliphatic rings. The van der Waals surface area contributed by atoms with Crippen LogP contribution in [-0.4, -0.2) is 18.8 Å². The second-order valence-corrected chi connectivity index (χ2v) is 5.04. The number of ether oxygens (including phenoxy) is 1. The Kier molecular flexibility index (Phi) is 6.46. The van der Waals surface area contributed by atoms with Gasteiger partial charge < -0.3 is 10.1 Å². The van der Waals surface area contributed by atoms with E-state index in [0.717, 1.165) is 24.9 Å². The fraction of sp³-hybridized carbons (Fsp3) is 0.625. The Labute approximate surface area is 116 Å². The number of benzene rings is 1. The van der Waals surface area contributed by atoms with Crippen LogP contribution in [0.15, 0.2) is 24.3 Å². The van der Waals surface area contributed by atoms with E-state index in [2.05, 4.69) is 26.1 Å². The van der Waals surface area contributed by atoms with Crippen LogP contribution in [0.4, 0.5) is 4.39 Å². The molecule has 0 saturated heterocycles. The van der Waals surface area contributed by atoms with Crippen molar-refractivity contribution >= 4 is 0 Å². The highest BCUT2D eigenvalue weighted by Crippen LogP contribution is 2.32. The molecule has 1 N–H and O–H groups in total. The lowest BCUT2D eigenvalue weighted by molar-refractivity contribution is -0.0563. The largest absolute Gasteiger partial charge is 0.374 e. The Morgan fingerprint density at radius 3 is 2.58 bits per heavy atom. The number of rotatable bonds is 8. The Hall–Kier alpha value is -0.930. The summed E-state index contributed by atoms with van der Waals surface area (Å²) in [5, 5.41) is 3.50. The minimum absolute atomic E-state index is 0.00750. The van der Waals surface area contributed by atoms with Crippen LogP contribution in [0.3, 0.4) is 0 Å². The lowest BCUT2D eigenvalue weighted by Crippen LogP contribution is -2.44. The molecule has 19 heavy (non-hydrogen) atoms. The Balaban J connectivity index is 3.05. The van der Waals surface area contributed by atoms with Crippen LogP contribution in [-0.2, 0) is 4.74 Å². The Bertz CT molecular complexity index is 383. The predicted octanol–water partition coefficient (Wildman–Crippen LogP) is 4.07. The van der Waals surface area contributed by atoms with Crippen molar-refractivity contribution in [3.8, 4) is 0 Å². The van der Waals surface area contributed by atoms with Gasteiger partial charge in [0.2, 0.25) is 0 Å². The van der Waals surface area contributed by atoms with E-state index in [1.807, 2.05) is 13.0 Å². The zero-order valence-corrected chi connectivity index (χ0v) is 12.5. The molecule has 0 amide bonds. The molecular weight excluding hydrogens is 241 g/mol. The minimum atomic E-state index is -0.322. The van der Waals surface area contributed by atoms with Crippen molar-refractivity contribution in [1.29, 1.82) is 0 Å². The molecule has 0 bridgehead atoms. The first-order valence-electron chi connectivity index (χ1n) is 7.20. The molecule has 0 fully saturated rings. The first kappa shape index (κ1) is 16.1. The van der Waals surface area contributed by atoms with Gasteiger partial charge in [-0.3, -0.25) is 0 Å². The van der Waals surface area contributed by atoms with E-state index < -0.39 is 0 Å². The summed E-state index contributed by atoms with van der Waals surface area (Å²) >= 11 is 0. The first-order valence-corrected chi connectivity index (χ1v) is 7.20. The molecule has 2 unspecified atom stereocenters. The van der Waals surface area contributed by atoms with Gasteiger partial charge in [0.1, 0.15) is 5.82 Å². The Morgan fingerprint density at radius 2 is 2.05 bits per heavy atom. The van der Waals surface area contributed by atoms with Crippen molar-refractivity contribution in [3.05, 3.63) is 35.6 Å². The van der Waals surface area contributed by atoms with E-state index in [9.17, 15) is 4.39 Å². The van der Waals surface area contributed by atoms with Crippen molar-refractivity contribution in [1.82, 2.24) is 5.32 Å². The molecule has 1 rings (SSSR count). The molecule has 0 spiro atoms. The first-order chi connectivity index (χ1) is 9.07. The summed E-state index contributed by atoms with van der Waals surface area (Å²) in [6.45, 7) is 9.87. The second kappa shape index (κ2) is 7.61. The third kappa shape index (κ3) is 4.29. The van der Waals surface area contributed by atoms with Crippen LogP contribution in [0.5, 0.6) is 0 Å². The quantitative estimate of drug-likeness (QED) is 0.766. The highest BCUT2D eigenvalue weighted by molar-refractivity contribution is 5.23. The van der Waals surface area contributed by atoms with Crippen LogP contribution < -0.4 is 5.32 Å². The molecule has 1 aromatic carbocycles. The summed E-state index contributed by atoms with van der Waals surface area (Å²) in [5.41, 5.74) is 0.629. The number of nitrogens with one attached hydrogen (secondary N) is 1. The zero-order chi connectivity index (χ0) is 14.3. The van der Waals surface area contributed by atoms with Crippen molar-refractivity contribution in [3.63, 3.8) is 0 Å². The fourth-order valence-corrected chi connectivity index (χ4v) is 2.38. The maximum absolute atomic E-state index is 13.5. The third-order valence-corrected chi connectivity index (χ3v) is 3.57. The lowest BCUT2D eigenvalue weighted by Gasteiger charge is -2.38. The number of hydrogen-bond donors (Lipinski definition) is 1. The zero-order valence-electron chi connectivity index (χ0n) is 12.5. The average molecular weight is 267 g/mol. The third-order valence-electron chi connectivity index (χ3n) is 3.57. The maximum Gasteiger partial charge on any atom is 0.123 e.